The zero-order valence-corrected chi connectivity index (χ0v) is 11.2. The van der Waals surface area contributed by atoms with Crippen molar-refractivity contribution in [2.24, 2.45) is 0 Å². The zero-order chi connectivity index (χ0) is 15.3. The van der Waals surface area contributed by atoms with Crippen LogP contribution in [0.15, 0.2) is 0 Å². The van der Waals surface area contributed by atoms with Crippen molar-refractivity contribution in [3.05, 3.63) is 0 Å². The van der Waals surface area contributed by atoms with E-state index in [-0.39, 0.29) is 5.91 Å². The molecule has 0 aromatic rings. The Morgan fingerprint density at radius 1 is 1.50 bits per heavy atom. The van der Waals surface area contributed by atoms with Crippen LogP contribution in [-0.4, -0.2) is 66.7 Å². The van der Waals surface area contributed by atoms with Crippen molar-refractivity contribution in [3.8, 4) is 0 Å². The first-order valence-corrected chi connectivity index (χ1v) is 5.96. The first kappa shape index (κ1) is 15.7. The lowest BCUT2D eigenvalue weighted by molar-refractivity contribution is -0.147. The van der Waals surface area contributed by atoms with Crippen LogP contribution in [0.5, 0.6) is 0 Å². The topological polar surface area (TPSA) is 125 Å². The number of likely N-dealkylation sites (tertiary alicyclic amines) is 1. The molecule has 0 aliphatic carbocycles. The summed E-state index contributed by atoms with van der Waals surface area (Å²) in [6.07, 6.45) is -0.0325. The summed E-state index contributed by atoms with van der Waals surface area (Å²) >= 11 is 0. The largest absolute Gasteiger partial charge is 0.480 e. The molecule has 0 aromatic heterocycles. The van der Waals surface area contributed by atoms with Gasteiger partial charge in [0.1, 0.15) is 12.1 Å². The number of urea groups is 1. The average molecular weight is 287 g/mol. The van der Waals surface area contributed by atoms with Gasteiger partial charge in [0.2, 0.25) is 5.91 Å². The molecule has 112 valence electrons. The Morgan fingerprint density at radius 3 is 2.60 bits per heavy atom. The average Bonchev–Trinajstić information content (AvgIpc) is 2.69. The van der Waals surface area contributed by atoms with E-state index in [1.807, 2.05) is 0 Å². The maximum atomic E-state index is 11.6. The molecule has 3 N–H and O–H groups in total. The number of hydrogen-bond acceptors (Lipinski definition) is 5. The van der Waals surface area contributed by atoms with Crippen molar-refractivity contribution < 1.29 is 29.0 Å². The second-order valence-electron chi connectivity index (χ2n) is 4.39. The van der Waals surface area contributed by atoms with Gasteiger partial charge in [0, 0.05) is 13.6 Å². The van der Waals surface area contributed by atoms with Gasteiger partial charge in [0.15, 0.2) is 0 Å². The quantitative estimate of drug-likeness (QED) is 0.530. The second-order valence-corrected chi connectivity index (χ2v) is 4.39. The summed E-state index contributed by atoms with van der Waals surface area (Å²) in [5.74, 6) is -2.35. The minimum absolute atomic E-state index is 0.236. The maximum absolute atomic E-state index is 11.6. The minimum atomic E-state index is -1.41. The van der Waals surface area contributed by atoms with Crippen LogP contribution in [0.1, 0.15) is 12.8 Å². The first-order valence-electron chi connectivity index (χ1n) is 5.96. The Kier molecular flexibility index (Phi) is 5.30. The van der Waals surface area contributed by atoms with Crippen molar-refractivity contribution >= 4 is 23.9 Å². The molecule has 0 radical (unpaired) electrons. The third kappa shape index (κ3) is 4.11. The molecule has 0 bridgehead atoms. The lowest BCUT2D eigenvalue weighted by Crippen LogP contribution is -2.51. The van der Waals surface area contributed by atoms with E-state index in [9.17, 15) is 19.2 Å². The predicted octanol–water partition coefficient (Wildman–Crippen LogP) is -1.47. The van der Waals surface area contributed by atoms with E-state index in [4.69, 9.17) is 5.11 Å². The number of nitrogens with one attached hydrogen (secondary N) is 2. The fraction of sp³-hybridized carbons (Fsp3) is 0.636. The van der Waals surface area contributed by atoms with Crippen LogP contribution in [-0.2, 0) is 19.1 Å². The standard InChI is InChI=1S/C11H17N3O6/c1-14-4-3-6(9(14)16)12-11(19)13-7(10(17)18)5-8(15)20-2/h6-7H,3-5H2,1-2H3,(H,17,18)(H2,12,13,19)/t6?,7-/m0/s1. The number of carboxylic acids is 1. The van der Waals surface area contributed by atoms with Gasteiger partial charge in [-0.15, -0.1) is 0 Å². The molecule has 20 heavy (non-hydrogen) atoms. The van der Waals surface area contributed by atoms with Gasteiger partial charge in [-0.1, -0.05) is 0 Å². The lowest BCUT2D eigenvalue weighted by Gasteiger charge is -2.16. The van der Waals surface area contributed by atoms with E-state index < -0.39 is 36.5 Å². The molecule has 1 heterocycles. The fourth-order valence-electron chi connectivity index (χ4n) is 1.76. The molecule has 9 heteroatoms. The smallest absolute Gasteiger partial charge is 0.326 e. The highest BCUT2D eigenvalue weighted by atomic mass is 16.5. The number of carbonyl (C=O) groups is 4. The molecule has 1 fully saturated rings. The molecule has 9 nitrogen and oxygen atoms in total. The van der Waals surface area contributed by atoms with Crippen LogP contribution >= 0.6 is 0 Å². The van der Waals surface area contributed by atoms with Crippen LogP contribution in [0.25, 0.3) is 0 Å². The van der Waals surface area contributed by atoms with Gasteiger partial charge in [-0.05, 0) is 6.42 Å². The Balaban J connectivity index is 2.52. The molecule has 1 saturated heterocycles. The monoisotopic (exact) mass is 287 g/mol. The zero-order valence-electron chi connectivity index (χ0n) is 11.2. The molecule has 0 saturated carbocycles. The van der Waals surface area contributed by atoms with Crippen LogP contribution in [0.4, 0.5) is 4.79 Å². The Hall–Kier alpha value is -2.32. The van der Waals surface area contributed by atoms with Gasteiger partial charge < -0.3 is 25.4 Å². The van der Waals surface area contributed by atoms with Crippen molar-refractivity contribution in [1.29, 1.82) is 0 Å². The number of carboxylic acid groups (broad SMARTS) is 1. The van der Waals surface area contributed by atoms with Gasteiger partial charge >= 0.3 is 18.0 Å². The van der Waals surface area contributed by atoms with Gasteiger partial charge in [-0.2, -0.15) is 0 Å². The second kappa shape index (κ2) is 6.73. The normalized spacial score (nSPS) is 19.4. The number of esters is 1. The summed E-state index contributed by atoms with van der Waals surface area (Å²) in [6, 6.07) is -2.89. The summed E-state index contributed by atoms with van der Waals surface area (Å²) in [4.78, 5) is 46.6. The van der Waals surface area contributed by atoms with Crippen LogP contribution in [0.2, 0.25) is 0 Å². The number of hydrogen-bond donors (Lipinski definition) is 3. The third-order valence-electron chi connectivity index (χ3n) is 2.93. The molecule has 1 aliphatic rings. The van der Waals surface area contributed by atoms with Gasteiger partial charge in [0.05, 0.1) is 13.5 Å². The Bertz CT molecular complexity index is 424. The summed E-state index contributed by atoms with van der Waals surface area (Å²) in [7, 11) is 2.73. The highest BCUT2D eigenvalue weighted by molar-refractivity contribution is 5.90. The van der Waals surface area contributed by atoms with Crippen molar-refractivity contribution in [3.63, 3.8) is 0 Å². The number of amides is 3. The Morgan fingerprint density at radius 2 is 2.15 bits per heavy atom. The molecule has 1 rings (SSSR count). The van der Waals surface area contributed by atoms with E-state index >= 15 is 0 Å². The van der Waals surface area contributed by atoms with E-state index in [2.05, 4.69) is 15.4 Å². The fourth-order valence-corrected chi connectivity index (χ4v) is 1.76. The summed E-state index contributed by atoms with van der Waals surface area (Å²) < 4.78 is 4.34. The van der Waals surface area contributed by atoms with Crippen molar-refractivity contribution in [1.82, 2.24) is 15.5 Å². The molecule has 1 aliphatic heterocycles. The molecule has 3 amide bonds. The van der Waals surface area contributed by atoms with E-state index in [1.54, 1.807) is 7.05 Å². The number of nitrogens with zero attached hydrogens (tertiary/aromatic N) is 1. The summed E-state index contributed by atoms with van der Waals surface area (Å²) in [5.41, 5.74) is 0. The molecular weight excluding hydrogens is 270 g/mol. The molecule has 0 aromatic carbocycles. The SMILES string of the molecule is COC(=O)C[C@H](NC(=O)NC1CCN(C)C1=O)C(=O)O. The number of likely N-dealkylation sites (N-methyl/N-ethyl adjacent to an activating group) is 1. The van der Waals surface area contributed by atoms with Gasteiger partial charge in [-0.25, -0.2) is 9.59 Å². The van der Waals surface area contributed by atoms with Crippen molar-refractivity contribution in [2.75, 3.05) is 20.7 Å². The van der Waals surface area contributed by atoms with Crippen LogP contribution < -0.4 is 10.6 Å². The minimum Gasteiger partial charge on any atom is -0.480 e. The van der Waals surface area contributed by atoms with E-state index in [1.165, 1.54) is 4.90 Å². The molecular formula is C11H17N3O6. The van der Waals surface area contributed by atoms with Gasteiger partial charge in [-0.3, -0.25) is 9.59 Å². The van der Waals surface area contributed by atoms with Crippen molar-refractivity contribution in [2.45, 2.75) is 24.9 Å². The first-order chi connectivity index (χ1) is 9.35. The van der Waals surface area contributed by atoms with Gasteiger partial charge in [0.25, 0.3) is 0 Å². The highest BCUT2D eigenvalue weighted by Crippen LogP contribution is 2.08. The molecule has 2 atom stereocenters. The predicted molar refractivity (Wildman–Crippen MR) is 65.8 cm³/mol. The molecule has 1 unspecified atom stereocenters. The number of methoxy groups -OCH3 is 1. The number of ether oxygens (including phenoxy) is 1. The third-order valence-corrected chi connectivity index (χ3v) is 2.93. The number of aliphatic carboxylic acids is 1. The number of carbonyl (C=O) groups excluding carboxylic acids is 3. The maximum Gasteiger partial charge on any atom is 0.326 e. The summed E-state index contributed by atoms with van der Waals surface area (Å²) in [5, 5.41) is 13.4. The molecule has 0 spiro atoms. The Labute approximate surface area is 115 Å². The van der Waals surface area contributed by atoms with Crippen LogP contribution in [0.3, 0.4) is 0 Å². The lowest BCUT2D eigenvalue weighted by atomic mass is 10.2. The highest BCUT2D eigenvalue weighted by Gasteiger charge is 2.31. The van der Waals surface area contributed by atoms with Crippen LogP contribution in [0, 0.1) is 0 Å². The van der Waals surface area contributed by atoms with E-state index in [0.717, 1.165) is 7.11 Å². The van der Waals surface area contributed by atoms with E-state index in [0.29, 0.717) is 13.0 Å². The summed E-state index contributed by atoms with van der Waals surface area (Å²) in [6.45, 7) is 0.522. The number of rotatable bonds is 5.